The predicted molar refractivity (Wildman–Crippen MR) is 47.6 cm³/mol. The standard InChI is InChI=1S/C9H18F3N/c1-5-7(4)13(6(2)3)9(12)8(10)11/h6-9H,5H2,1-4H3. The van der Waals surface area contributed by atoms with Crippen molar-refractivity contribution < 1.29 is 13.2 Å². The van der Waals surface area contributed by atoms with E-state index in [9.17, 15) is 13.2 Å². The van der Waals surface area contributed by atoms with Crippen molar-refractivity contribution in [3.8, 4) is 0 Å². The summed E-state index contributed by atoms with van der Waals surface area (Å²) in [5.41, 5.74) is 0. The molecule has 0 N–H and O–H groups in total. The van der Waals surface area contributed by atoms with Gasteiger partial charge in [0.1, 0.15) is 0 Å². The van der Waals surface area contributed by atoms with Crippen molar-refractivity contribution in [2.75, 3.05) is 0 Å². The Morgan fingerprint density at radius 3 is 1.77 bits per heavy atom. The molecule has 0 aliphatic carbocycles. The van der Waals surface area contributed by atoms with Crippen LogP contribution in [0.25, 0.3) is 0 Å². The van der Waals surface area contributed by atoms with Gasteiger partial charge in [-0.25, -0.2) is 13.2 Å². The van der Waals surface area contributed by atoms with Crippen LogP contribution in [-0.2, 0) is 0 Å². The first-order valence-electron chi connectivity index (χ1n) is 4.61. The van der Waals surface area contributed by atoms with Crippen molar-refractivity contribution in [2.24, 2.45) is 0 Å². The van der Waals surface area contributed by atoms with Gasteiger partial charge in [0.15, 0.2) is 0 Å². The molecule has 0 radical (unpaired) electrons. The van der Waals surface area contributed by atoms with Gasteiger partial charge in [0.2, 0.25) is 6.30 Å². The molecule has 0 saturated heterocycles. The predicted octanol–water partition coefficient (Wildman–Crippen LogP) is 3.06. The van der Waals surface area contributed by atoms with E-state index < -0.39 is 12.7 Å². The molecule has 0 aliphatic rings. The van der Waals surface area contributed by atoms with Crippen molar-refractivity contribution in [3.05, 3.63) is 0 Å². The Hall–Kier alpha value is -0.250. The van der Waals surface area contributed by atoms with Gasteiger partial charge in [-0.1, -0.05) is 6.92 Å². The first-order valence-corrected chi connectivity index (χ1v) is 4.61. The fraction of sp³-hybridized carbons (Fsp3) is 1.00. The Bertz CT molecular complexity index is 139. The zero-order valence-corrected chi connectivity index (χ0v) is 8.60. The highest BCUT2D eigenvalue weighted by Crippen LogP contribution is 2.19. The van der Waals surface area contributed by atoms with E-state index in [4.69, 9.17) is 0 Å². The van der Waals surface area contributed by atoms with Gasteiger partial charge in [0.05, 0.1) is 0 Å². The third kappa shape index (κ3) is 3.55. The van der Waals surface area contributed by atoms with Crippen LogP contribution in [0.3, 0.4) is 0 Å². The minimum Gasteiger partial charge on any atom is -0.264 e. The minimum atomic E-state index is -2.92. The third-order valence-electron chi connectivity index (χ3n) is 2.19. The summed E-state index contributed by atoms with van der Waals surface area (Å²) in [4.78, 5) is 1.21. The average molecular weight is 197 g/mol. The van der Waals surface area contributed by atoms with Gasteiger partial charge in [-0.2, -0.15) is 0 Å². The molecule has 80 valence electrons. The number of rotatable bonds is 5. The number of hydrogen-bond donors (Lipinski definition) is 0. The molecule has 1 nitrogen and oxygen atoms in total. The maximum atomic E-state index is 13.1. The van der Waals surface area contributed by atoms with E-state index in [-0.39, 0.29) is 12.1 Å². The minimum absolute atomic E-state index is 0.149. The van der Waals surface area contributed by atoms with E-state index in [1.807, 2.05) is 6.92 Å². The smallest absolute Gasteiger partial charge is 0.264 e. The van der Waals surface area contributed by atoms with Gasteiger partial charge in [-0.15, -0.1) is 0 Å². The van der Waals surface area contributed by atoms with Crippen molar-refractivity contribution in [1.82, 2.24) is 4.90 Å². The van der Waals surface area contributed by atoms with Crippen LogP contribution in [0.15, 0.2) is 0 Å². The van der Waals surface area contributed by atoms with Crippen LogP contribution in [0.5, 0.6) is 0 Å². The number of nitrogens with zero attached hydrogens (tertiary/aromatic N) is 1. The van der Waals surface area contributed by atoms with Crippen LogP contribution in [-0.4, -0.2) is 29.7 Å². The van der Waals surface area contributed by atoms with Gasteiger partial charge >= 0.3 is 0 Å². The maximum Gasteiger partial charge on any atom is 0.282 e. The Kier molecular flexibility index (Phi) is 5.37. The lowest BCUT2D eigenvalue weighted by Crippen LogP contribution is -2.47. The lowest BCUT2D eigenvalue weighted by atomic mass is 10.1. The summed E-state index contributed by atoms with van der Waals surface area (Å²) in [7, 11) is 0. The largest absolute Gasteiger partial charge is 0.282 e. The number of alkyl halides is 3. The molecule has 0 amide bonds. The molecule has 0 aliphatic heterocycles. The van der Waals surface area contributed by atoms with Crippen LogP contribution >= 0.6 is 0 Å². The normalized spacial score (nSPS) is 17.1. The van der Waals surface area contributed by atoms with Crippen LogP contribution in [0.2, 0.25) is 0 Å². The van der Waals surface area contributed by atoms with Gasteiger partial charge in [0.25, 0.3) is 6.43 Å². The molecule has 0 aromatic rings. The van der Waals surface area contributed by atoms with E-state index in [1.54, 1.807) is 20.8 Å². The third-order valence-corrected chi connectivity index (χ3v) is 2.19. The van der Waals surface area contributed by atoms with Crippen molar-refractivity contribution in [2.45, 2.75) is 58.9 Å². The zero-order valence-electron chi connectivity index (χ0n) is 8.60. The van der Waals surface area contributed by atoms with Crippen LogP contribution in [0.1, 0.15) is 34.1 Å². The monoisotopic (exact) mass is 197 g/mol. The molecule has 13 heavy (non-hydrogen) atoms. The van der Waals surface area contributed by atoms with Gasteiger partial charge < -0.3 is 0 Å². The van der Waals surface area contributed by atoms with E-state index in [0.717, 1.165) is 0 Å². The Balaban J connectivity index is 4.41. The Labute approximate surface area is 77.9 Å². The summed E-state index contributed by atoms with van der Waals surface area (Å²) >= 11 is 0. The van der Waals surface area contributed by atoms with Crippen LogP contribution in [0.4, 0.5) is 13.2 Å². The molecular formula is C9H18F3N. The van der Waals surface area contributed by atoms with Crippen LogP contribution < -0.4 is 0 Å². The molecular weight excluding hydrogens is 179 g/mol. The average Bonchev–Trinajstić information content (AvgIpc) is 2.03. The van der Waals surface area contributed by atoms with E-state index in [0.29, 0.717) is 6.42 Å². The van der Waals surface area contributed by atoms with E-state index in [1.165, 1.54) is 4.90 Å². The highest BCUT2D eigenvalue weighted by atomic mass is 19.3. The highest BCUT2D eigenvalue weighted by Gasteiger charge is 2.31. The lowest BCUT2D eigenvalue weighted by molar-refractivity contribution is -0.0797. The molecule has 0 aromatic heterocycles. The molecule has 0 bridgehead atoms. The first kappa shape index (κ1) is 12.8. The molecule has 0 saturated carbocycles. The van der Waals surface area contributed by atoms with Crippen LogP contribution in [0, 0.1) is 0 Å². The van der Waals surface area contributed by atoms with Gasteiger partial charge in [0, 0.05) is 12.1 Å². The molecule has 0 fully saturated rings. The summed E-state index contributed by atoms with van der Waals surface area (Å²) in [6.07, 6.45) is -4.39. The Morgan fingerprint density at radius 2 is 1.54 bits per heavy atom. The molecule has 2 unspecified atom stereocenters. The molecule has 4 heteroatoms. The first-order chi connectivity index (χ1) is 5.91. The molecule has 0 aromatic carbocycles. The van der Waals surface area contributed by atoms with Gasteiger partial charge in [-0.05, 0) is 27.2 Å². The number of halogens is 3. The molecule has 0 heterocycles. The quantitative estimate of drug-likeness (QED) is 0.612. The maximum absolute atomic E-state index is 13.1. The van der Waals surface area contributed by atoms with Crippen molar-refractivity contribution >= 4 is 0 Å². The molecule has 0 spiro atoms. The van der Waals surface area contributed by atoms with Crippen molar-refractivity contribution in [1.29, 1.82) is 0 Å². The van der Waals surface area contributed by atoms with E-state index in [2.05, 4.69) is 0 Å². The fourth-order valence-electron chi connectivity index (χ4n) is 1.38. The summed E-state index contributed by atoms with van der Waals surface area (Å²) in [5.74, 6) is 0. The molecule has 0 rings (SSSR count). The van der Waals surface area contributed by atoms with Crippen molar-refractivity contribution in [3.63, 3.8) is 0 Å². The summed E-state index contributed by atoms with van der Waals surface area (Å²) in [6, 6.07) is -0.344. The lowest BCUT2D eigenvalue weighted by Gasteiger charge is -2.34. The fourth-order valence-corrected chi connectivity index (χ4v) is 1.38. The highest BCUT2D eigenvalue weighted by molar-refractivity contribution is 4.74. The SMILES string of the molecule is CCC(C)N(C(C)C)C(F)C(F)F. The second-order valence-electron chi connectivity index (χ2n) is 3.51. The molecule has 2 atom stereocenters. The second-order valence-corrected chi connectivity index (χ2v) is 3.51. The number of hydrogen-bond acceptors (Lipinski definition) is 1. The van der Waals surface area contributed by atoms with E-state index >= 15 is 0 Å². The van der Waals surface area contributed by atoms with Gasteiger partial charge in [-0.3, -0.25) is 4.90 Å². The Morgan fingerprint density at radius 1 is 1.08 bits per heavy atom. The summed E-state index contributed by atoms with van der Waals surface area (Å²) in [5, 5.41) is 0. The zero-order chi connectivity index (χ0) is 10.6. The summed E-state index contributed by atoms with van der Waals surface area (Å²) in [6.45, 7) is 7.06. The second kappa shape index (κ2) is 5.47. The topological polar surface area (TPSA) is 3.24 Å². The summed E-state index contributed by atoms with van der Waals surface area (Å²) < 4.78 is 37.3.